The number of carbonyl (C=O) groups is 1. The summed E-state index contributed by atoms with van der Waals surface area (Å²) in [6.07, 6.45) is 1.54. The van der Waals surface area contributed by atoms with Gasteiger partial charge in [0.1, 0.15) is 12.4 Å². The van der Waals surface area contributed by atoms with Gasteiger partial charge < -0.3 is 15.2 Å². The van der Waals surface area contributed by atoms with E-state index in [1.165, 1.54) is 23.1 Å². The lowest BCUT2D eigenvalue weighted by atomic mass is 10.0. The molecule has 0 unspecified atom stereocenters. The number of hydrogen-bond acceptors (Lipinski definition) is 6. The summed E-state index contributed by atoms with van der Waals surface area (Å²) in [5.41, 5.74) is 2.59. The van der Waals surface area contributed by atoms with Gasteiger partial charge in [0.05, 0.1) is 5.56 Å². The highest BCUT2D eigenvalue weighted by molar-refractivity contribution is 7.17. The highest BCUT2D eigenvalue weighted by Gasteiger charge is 2.14. The molecule has 0 aliphatic rings. The second-order valence-corrected chi connectivity index (χ2v) is 8.02. The third-order valence-corrected chi connectivity index (χ3v) is 5.59. The molecule has 4 rings (SSSR count). The molecule has 4 aromatic rings. The number of aliphatic hydroxyl groups is 1. The molecule has 30 heavy (non-hydrogen) atoms. The minimum absolute atomic E-state index is 0.140. The van der Waals surface area contributed by atoms with Crippen LogP contribution in [0, 0.1) is 0 Å². The van der Waals surface area contributed by atoms with Crippen LogP contribution in [0.1, 0.15) is 41.5 Å². The molecule has 2 N–H and O–H groups in total. The number of nitrogens with zero attached hydrogens (tertiary/aromatic N) is 2. The van der Waals surface area contributed by atoms with Gasteiger partial charge in [0, 0.05) is 33.4 Å². The Morgan fingerprint density at radius 2 is 2.07 bits per heavy atom. The van der Waals surface area contributed by atoms with Crippen molar-refractivity contribution in [3.63, 3.8) is 0 Å². The molecule has 0 aliphatic carbocycles. The monoisotopic (exact) mass is 419 g/mol. The predicted molar refractivity (Wildman–Crippen MR) is 118 cm³/mol. The Morgan fingerprint density at radius 3 is 2.87 bits per heavy atom. The van der Waals surface area contributed by atoms with E-state index >= 15 is 0 Å². The predicted octanol–water partition coefficient (Wildman–Crippen LogP) is 5.35. The van der Waals surface area contributed by atoms with Crippen LogP contribution in [0.2, 0.25) is 0 Å². The van der Waals surface area contributed by atoms with Gasteiger partial charge in [-0.3, -0.25) is 4.79 Å². The number of anilines is 1. The van der Waals surface area contributed by atoms with Gasteiger partial charge in [-0.2, -0.15) is 4.98 Å². The van der Waals surface area contributed by atoms with E-state index in [4.69, 9.17) is 9.84 Å². The molecule has 2 aromatic carbocycles. The molecule has 0 fully saturated rings. The number of ether oxygens (including phenoxy) is 1. The lowest BCUT2D eigenvalue weighted by Gasteiger charge is -2.09. The molecule has 0 radical (unpaired) electrons. The maximum absolute atomic E-state index is 12.8. The van der Waals surface area contributed by atoms with Crippen molar-refractivity contribution in [1.29, 1.82) is 0 Å². The Hall–Kier alpha value is -3.29. The second-order valence-electron chi connectivity index (χ2n) is 7.11. The van der Waals surface area contributed by atoms with Crippen LogP contribution in [0.4, 0.5) is 5.69 Å². The molecule has 0 saturated carbocycles. The fourth-order valence-electron chi connectivity index (χ4n) is 3.06. The zero-order chi connectivity index (χ0) is 21.1. The van der Waals surface area contributed by atoms with Gasteiger partial charge in [0.25, 0.3) is 5.91 Å². The van der Waals surface area contributed by atoms with Crippen molar-refractivity contribution in [1.82, 2.24) is 9.97 Å². The van der Waals surface area contributed by atoms with Crippen LogP contribution in [0.25, 0.3) is 10.1 Å². The SMILES string of the molecule is CC(C)c1cccc(NC(=O)c2csc3cc(Oc4ccnc(CO)n4)ccc23)c1. The van der Waals surface area contributed by atoms with Crippen molar-refractivity contribution < 1.29 is 14.6 Å². The molecular weight excluding hydrogens is 398 g/mol. The summed E-state index contributed by atoms with van der Waals surface area (Å²) < 4.78 is 6.71. The Morgan fingerprint density at radius 1 is 1.20 bits per heavy atom. The maximum atomic E-state index is 12.8. The van der Waals surface area contributed by atoms with Gasteiger partial charge in [-0.1, -0.05) is 26.0 Å². The first kappa shape index (κ1) is 20.0. The Kier molecular flexibility index (Phi) is 5.74. The van der Waals surface area contributed by atoms with Gasteiger partial charge in [-0.25, -0.2) is 4.98 Å². The van der Waals surface area contributed by atoms with E-state index in [0.717, 1.165) is 15.8 Å². The van der Waals surface area contributed by atoms with E-state index in [1.54, 1.807) is 12.1 Å². The zero-order valence-corrected chi connectivity index (χ0v) is 17.4. The molecule has 2 heterocycles. The summed E-state index contributed by atoms with van der Waals surface area (Å²) in [4.78, 5) is 20.9. The summed E-state index contributed by atoms with van der Waals surface area (Å²) in [5.74, 6) is 1.51. The average Bonchev–Trinajstić information content (AvgIpc) is 3.17. The highest BCUT2D eigenvalue weighted by Crippen LogP contribution is 2.32. The second kappa shape index (κ2) is 8.61. The highest BCUT2D eigenvalue weighted by atomic mass is 32.1. The molecule has 0 aliphatic heterocycles. The van der Waals surface area contributed by atoms with Gasteiger partial charge in [0.15, 0.2) is 5.82 Å². The van der Waals surface area contributed by atoms with E-state index in [2.05, 4.69) is 35.2 Å². The van der Waals surface area contributed by atoms with E-state index in [0.29, 0.717) is 28.9 Å². The molecular formula is C23H21N3O3S. The molecule has 152 valence electrons. The summed E-state index contributed by atoms with van der Waals surface area (Å²) in [6, 6.07) is 15.1. The van der Waals surface area contributed by atoms with Crippen molar-refractivity contribution in [2.45, 2.75) is 26.4 Å². The van der Waals surface area contributed by atoms with Crippen molar-refractivity contribution in [2.24, 2.45) is 0 Å². The number of hydrogen-bond donors (Lipinski definition) is 2. The van der Waals surface area contributed by atoms with E-state index < -0.39 is 0 Å². The minimum Gasteiger partial charge on any atom is -0.439 e. The first-order valence-electron chi connectivity index (χ1n) is 9.56. The third kappa shape index (κ3) is 4.32. The smallest absolute Gasteiger partial charge is 0.257 e. The largest absolute Gasteiger partial charge is 0.439 e. The number of thiophene rings is 1. The van der Waals surface area contributed by atoms with Crippen LogP contribution in [0.15, 0.2) is 60.1 Å². The molecule has 0 spiro atoms. The molecule has 0 bridgehead atoms. The Balaban J connectivity index is 1.54. The molecule has 0 atom stereocenters. The lowest BCUT2D eigenvalue weighted by molar-refractivity contribution is 0.102. The van der Waals surface area contributed by atoms with Gasteiger partial charge in [0.2, 0.25) is 5.88 Å². The normalized spacial score (nSPS) is 11.1. The number of aliphatic hydroxyl groups excluding tert-OH is 1. The first-order valence-corrected chi connectivity index (χ1v) is 10.4. The summed E-state index contributed by atoms with van der Waals surface area (Å²) in [7, 11) is 0. The average molecular weight is 420 g/mol. The summed E-state index contributed by atoms with van der Waals surface area (Å²) >= 11 is 1.48. The van der Waals surface area contributed by atoms with Gasteiger partial charge in [-0.15, -0.1) is 11.3 Å². The van der Waals surface area contributed by atoms with E-state index in [-0.39, 0.29) is 12.5 Å². The molecule has 7 heteroatoms. The number of carbonyl (C=O) groups excluding carboxylic acids is 1. The number of amides is 1. The van der Waals surface area contributed by atoms with Crippen LogP contribution in [0.3, 0.4) is 0 Å². The number of nitrogens with one attached hydrogen (secondary N) is 1. The third-order valence-electron chi connectivity index (χ3n) is 4.65. The Bertz CT molecular complexity index is 1200. The zero-order valence-electron chi connectivity index (χ0n) is 16.6. The van der Waals surface area contributed by atoms with Crippen LogP contribution >= 0.6 is 11.3 Å². The van der Waals surface area contributed by atoms with Crippen molar-refractivity contribution in [3.05, 3.63) is 77.1 Å². The standard InChI is InChI=1S/C23H21N3O3S/c1-14(2)15-4-3-5-16(10-15)25-23(28)19-13-30-20-11-17(6-7-18(19)20)29-22-8-9-24-21(12-27)26-22/h3-11,13-14,27H,12H2,1-2H3,(H,25,28). The topological polar surface area (TPSA) is 84.3 Å². The number of benzene rings is 2. The van der Waals surface area contributed by atoms with Crippen molar-refractivity contribution in [3.8, 4) is 11.6 Å². The number of fused-ring (bicyclic) bond motifs is 1. The quantitative estimate of drug-likeness (QED) is 0.440. The van der Waals surface area contributed by atoms with Crippen molar-refractivity contribution in [2.75, 3.05) is 5.32 Å². The van der Waals surface area contributed by atoms with Crippen LogP contribution in [0.5, 0.6) is 11.6 Å². The number of aromatic nitrogens is 2. The maximum Gasteiger partial charge on any atom is 0.257 e. The van der Waals surface area contributed by atoms with Crippen molar-refractivity contribution >= 4 is 33.0 Å². The molecule has 6 nitrogen and oxygen atoms in total. The van der Waals surface area contributed by atoms with Gasteiger partial charge >= 0.3 is 0 Å². The Labute approximate surface area is 178 Å². The first-order chi connectivity index (χ1) is 14.5. The van der Waals surface area contributed by atoms with E-state index in [9.17, 15) is 4.79 Å². The van der Waals surface area contributed by atoms with Gasteiger partial charge in [-0.05, 0) is 41.8 Å². The summed E-state index contributed by atoms with van der Waals surface area (Å²) in [5, 5.41) is 14.9. The lowest BCUT2D eigenvalue weighted by Crippen LogP contribution is -2.11. The fourth-order valence-corrected chi connectivity index (χ4v) is 4.02. The number of rotatable bonds is 6. The molecule has 1 amide bonds. The van der Waals surface area contributed by atoms with E-state index in [1.807, 2.05) is 35.7 Å². The minimum atomic E-state index is -0.250. The van der Waals surface area contributed by atoms with Crippen LogP contribution in [-0.4, -0.2) is 21.0 Å². The molecule has 2 aromatic heterocycles. The van der Waals surface area contributed by atoms with Crippen LogP contribution in [-0.2, 0) is 6.61 Å². The summed E-state index contributed by atoms with van der Waals surface area (Å²) in [6.45, 7) is 4.00. The van der Waals surface area contributed by atoms with Crippen LogP contribution < -0.4 is 10.1 Å². The fraction of sp³-hybridized carbons (Fsp3) is 0.174. The molecule has 0 saturated heterocycles.